The summed E-state index contributed by atoms with van der Waals surface area (Å²) >= 11 is -0.819. The molecule has 0 saturated carbocycles. The van der Waals surface area contributed by atoms with Crippen LogP contribution in [0.1, 0.15) is 5.56 Å². The quantitative estimate of drug-likeness (QED) is 0.435. The minimum Gasteiger partial charge on any atom is -1.00 e. The molecule has 0 aliphatic heterocycles. The largest absolute Gasteiger partial charge is 1.00 e. The molecule has 0 atom stereocenters. The third kappa shape index (κ3) is 3.78. The normalized spacial score (nSPS) is 9.45. The van der Waals surface area contributed by atoms with E-state index in [4.69, 9.17) is 0 Å². The Morgan fingerprint density at radius 1 is 1.00 bits per heavy atom. The molecular weight excluding hydrogens is 363 g/mol. The molecule has 11 heavy (non-hydrogen) atoms. The van der Waals surface area contributed by atoms with Crippen LogP contribution >= 0.6 is 0 Å². The maximum Gasteiger partial charge on any atom is -1.00 e. The Labute approximate surface area is 93.1 Å². The molecule has 0 fully saturated rings. The summed E-state index contributed by atoms with van der Waals surface area (Å²) in [6.45, 7) is 2.13. The number of benzene rings is 1. The molecule has 0 unspecified atom stereocenters. The Balaban J connectivity index is 0.000001000. The van der Waals surface area contributed by atoms with Crippen LogP contribution in [0.4, 0.5) is 0 Å². The zero-order chi connectivity index (χ0) is 7.56. The van der Waals surface area contributed by atoms with Gasteiger partial charge in [0.25, 0.3) is 0 Å². The average Bonchev–Trinajstić information content (AvgIpc) is 1.88. The zero-order valence-electron chi connectivity index (χ0n) is 7.10. The van der Waals surface area contributed by atoms with Gasteiger partial charge in [-0.2, -0.15) is 0 Å². The minimum absolute atomic E-state index is 0. The van der Waals surface area contributed by atoms with Crippen LogP contribution in [0.15, 0.2) is 24.3 Å². The fourth-order valence-corrected chi connectivity index (χ4v) is 2.75. The molecule has 0 N–H and O–H groups in total. The number of halogens is 1. The second kappa shape index (κ2) is 5.40. The van der Waals surface area contributed by atoms with E-state index in [-0.39, 0.29) is 24.0 Å². The van der Waals surface area contributed by atoms with Crippen LogP contribution in [0.25, 0.3) is 0 Å². The van der Waals surface area contributed by atoms with Gasteiger partial charge in [-0.3, -0.25) is 0 Å². The van der Waals surface area contributed by atoms with E-state index in [0.29, 0.717) is 0 Å². The van der Waals surface area contributed by atoms with Crippen molar-refractivity contribution in [1.82, 2.24) is 0 Å². The van der Waals surface area contributed by atoms with Crippen molar-refractivity contribution in [1.29, 1.82) is 0 Å². The van der Waals surface area contributed by atoms with E-state index >= 15 is 0 Å². The van der Waals surface area contributed by atoms with Crippen molar-refractivity contribution in [3.05, 3.63) is 29.8 Å². The number of aryl methyl sites for hydroxylation is 1. The summed E-state index contributed by atoms with van der Waals surface area (Å²) in [7, 11) is 0. The number of rotatable bonds is 1. The fraction of sp³-hybridized carbons (Fsp3) is 0.333. The molecule has 2 heteroatoms. The summed E-state index contributed by atoms with van der Waals surface area (Å²) in [6, 6.07) is 8.95. The van der Waals surface area contributed by atoms with Gasteiger partial charge in [0.1, 0.15) is 0 Å². The first-order chi connectivity index (χ1) is 4.70. The van der Waals surface area contributed by atoms with Crippen LogP contribution < -0.4 is 27.6 Å². The molecule has 0 radical (unpaired) electrons. The molecule has 0 nitrogen and oxygen atoms in total. The summed E-state index contributed by atoms with van der Waals surface area (Å²) in [5.74, 6) is 0. The van der Waals surface area contributed by atoms with Gasteiger partial charge in [0.05, 0.1) is 0 Å². The van der Waals surface area contributed by atoms with E-state index in [1.165, 1.54) is 5.56 Å². The van der Waals surface area contributed by atoms with Crippen molar-refractivity contribution < 1.29 is 24.0 Å². The van der Waals surface area contributed by atoms with Crippen molar-refractivity contribution in [2.45, 2.75) is 16.9 Å². The first-order valence-electron chi connectivity index (χ1n) is 3.34. The Morgan fingerprint density at radius 3 is 1.82 bits per heavy atom. The number of hydrogen-bond donors (Lipinski definition) is 0. The molecule has 1 aromatic rings. The maximum absolute atomic E-state index is 2.38. The van der Waals surface area contributed by atoms with Crippen molar-refractivity contribution in [3.8, 4) is 0 Å². The van der Waals surface area contributed by atoms with Gasteiger partial charge in [0.2, 0.25) is 0 Å². The van der Waals surface area contributed by atoms with E-state index in [0.717, 1.165) is 0 Å². The van der Waals surface area contributed by atoms with Crippen LogP contribution in [0.5, 0.6) is 0 Å². The first kappa shape index (κ1) is 11.7. The maximum atomic E-state index is 2.38. The second-order valence-corrected chi connectivity index (χ2v) is 8.64. The summed E-state index contributed by atoms with van der Waals surface area (Å²) < 4.78 is 1.59. The van der Waals surface area contributed by atoms with E-state index < -0.39 is 19.6 Å². The van der Waals surface area contributed by atoms with Crippen molar-refractivity contribution in [3.63, 3.8) is 0 Å². The molecule has 0 aliphatic rings. The summed E-state index contributed by atoms with van der Waals surface area (Å²) in [5.41, 5.74) is 1.36. The molecule has 0 aromatic heterocycles. The van der Waals surface area contributed by atoms with Crippen LogP contribution in [0.3, 0.4) is 0 Å². The summed E-state index contributed by atoms with van der Waals surface area (Å²) in [6.07, 6.45) is 0. The zero-order valence-corrected chi connectivity index (χ0v) is 11.6. The van der Waals surface area contributed by atoms with Gasteiger partial charge in [-0.05, 0) is 0 Å². The van der Waals surface area contributed by atoms with Gasteiger partial charge < -0.3 is 24.0 Å². The van der Waals surface area contributed by atoms with Crippen molar-refractivity contribution in [2.75, 3.05) is 0 Å². The van der Waals surface area contributed by atoms with Gasteiger partial charge in [-0.15, -0.1) is 0 Å². The Hall–Kier alpha value is 0.740. The molecule has 1 rings (SSSR count). The summed E-state index contributed by atoms with van der Waals surface area (Å²) in [5, 5.41) is 0. The second-order valence-electron chi connectivity index (χ2n) is 2.63. The third-order valence-electron chi connectivity index (χ3n) is 1.49. The van der Waals surface area contributed by atoms with Gasteiger partial charge >= 0.3 is 69.9 Å². The van der Waals surface area contributed by atoms with Crippen molar-refractivity contribution >= 4 is 23.2 Å². The standard InChI is InChI=1S/C9H13Te.HI/c1-8-4-6-9(7-5-8)10(2)3;/h4-7H,1-3H3;1H/q+1;/p-1. The molecule has 0 spiro atoms. The fourth-order valence-electron chi connectivity index (χ4n) is 0.810. The minimum atomic E-state index is -0.819. The van der Waals surface area contributed by atoms with Crippen LogP contribution in [0, 0.1) is 6.92 Å². The molecule has 0 aliphatic carbocycles. The molecule has 0 heterocycles. The molecular formula is C9H13ITe. The number of hydrogen-bond acceptors (Lipinski definition) is 0. The first-order valence-corrected chi connectivity index (χ1v) is 9.17. The molecule has 1 aromatic carbocycles. The molecule has 0 bridgehead atoms. The third-order valence-corrected chi connectivity index (χ3v) is 4.96. The molecule has 0 saturated heterocycles. The topological polar surface area (TPSA) is 0 Å². The van der Waals surface area contributed by atoms with Crippen LogP contribution in [-0.2, 0) is 0 Å². The van der Waals surface area contributed by atoms with E-state index in [1.807, 2.05) is 0 Å². The summed E-state index contributed by atoms with van der Waals surface area (Å²) in [4.78, 5) is 4.77. The Kier molecular flexibility index (Phi) is 5.76. The van der Waals surface area contributed by atoms with Gasteiger partial charge in [0, 0.05) is 0 Å². The van der Waals surface area contributed by atoms with Gasteiger partial charge in [-0.25, -0.2) is 0 Å². The predicted molar refractivity (Wildman–Crippen MR) is 48.3 cm³/mol. The SMILES string of the molecule is Cc1ccc([Te+](C)C)cc1.[I-]. The molecule has 62 valence electrons. The predicted octanol–water partition coefficient (Wildman–Crippen LogP) is -1.04. The van der Waals surface area contributed by atoms with E-state index in [1.54, 1.807) is 3.61 Å². The average molecular weight is 376 g/mol. The smallest absolute Gasteiger partial charge is 1.00 e. The van der Waals surface area contributed by atoms with Gasteiger partial charge in [-0.1, -0.05) is 0 Å². The van der Waals surface area contributed by atoms with Crippen LogP contribution in [-0.4, -0.2) is 19.6 Å². The Morgan fingerprint density at radius 2 is 1.45 bits per heavy atom. The molecule has 0 amide bonds. The monoisotopic (exact) mass is 378 g/mol. The van der Waals surface area contributed by atoms with Crippen molar-refractivity contribution in [2.24, 2.45) is 0 Å². The van der Waals surface area contributed by atoms with E-state index in [2.05, 4.69) is 41.1 Å². The van der Waals surface area contributed by atoms with Crippen LogP contribution in [0.2, 0.25) is 9.94 Å². The van der Waals surface area contributed by atoms with Gasteiger partial charge in [0.15, 0.2) is 0 Å². The van der Waals surface area contributed by atoms with E-state index in [9.17, 15) is 0 Å². The Bertz CT molecular complexity index is 203.